The van der Waals surface area contributed by atoms with Gasteiger partial charge in [0.2, 0.25) is 0 Å². The average molecular weight is 164 g/mol. The summed E-state index contributed by atoms with van der Waals surface area (Å²) in [6.45, 7) is 5.11. The molecule has 0 radical (unpaired) electrons. The van der Waals surface area contributed by atoms with Gasteiger partial charge in [0, 0.05) is 6.54 Å². The lowest BCUT2D eigenvalue weighted by molar-refractivity contribution is 0.214. The maximum Gasteiger partial charge on any atom is 0.127 e. The van der Waals surface area contributed by atoms with Gasteiger partial charge >= 0.3 is 0 Å². The minimum Gasteiger partial charge on any atom is -0.285 e. The zero-order chi connectivity index (χ0) is 9.19. The van der Waals surface area contributed by atoms with Crippen LogP contribution in [0.25, 0.3) is 0 Å². The average Bonchev–Trinajstić information content (AvgIpc) is 2.10. The SMILES string of the molecule is CCC1=CCCN(C)C1(C)C#N. The third-order valence-electron chi connectivity index (χ3n) is 2.84. The fourth-order valence-electron chi connectivity index (χ4n) is 1.75. The fraction of sp³-hybridized carbons (Fsp3) is 0.700. The lowest BCUT2D eigenvalue weighted by Crippen LogP contribution is -2.46. The summed E-state index contributed by atoms with van der Waals surface area (Å²) in [6, 6.07) is 2.39. The Labute approximate surface area is 74.5 Å². The highest BCUT2D eigenvalue weighted by atomic mass is 15.2. The van der Waals surface area contributed by atoms with Crippen LogP contribution in [0, 0.1) is 11.3 Å². The van der Waals surface area contributed by atoms with Gasteiger partial charge in [-0.05, 0) is 32.4 Å². The number of nitrogens with zero attached hydrogens (tertiary/aromatic N) is 2. The molecule has 0 saturated heterocycles. The van der Waals surface area contributed by atoms with Gasteiger partial charge in [0.25, 0.3) is 0 Å². The molecule has 66 valence electrons. The first-order chi connectivity index (χ1) is 5.65. The van der Waals surface area contributed by atoms with Crippen LogP contribution in [0.15, 0.2) is 11.6 Å². The van der Waals surface area contributed by atoms with E-state index in [2.05, 4.69) is 24.0 Å². The summed E-state index contributed by atoms with van der Waals surface area (Å²) >= 11 is 0. The zero-order valence-electron chi connectivity index (χ0n) is 8.09. The molecule has 1 atom stereocenters. The van der Waals surface area contributed by atoms with Crippen molar-refractivity contribution >= 4 is 0 Å². The Bertz CT molecular complexity index is 237. The molecule has 0 amide bonds. The monoisotopic (exact) mass is 164 g/mol. The van der Waals surface area contributed by atoms with E-state index in [-0.39, 0.29) is 5.54 Å². The second-order valence-corrected chi connectivity index (χ2v) is 3.48. The standard InChI is InChI=1S/C10H16N2/c1-4-9-6-5-7-12(3)10(9,2)8-11/h6H,4-5,7H2,1-3H3. The van der Waals surface area contributed by atoms with Crippen LogP contribution < -0.4 is 0 Å². The van der Waals surface area contributed by atoms with Crippen molar-refractivity contribution in [2.45, 2.75) is 32.2 Å². The lowest BCUT2D eigenvalue weighted by atomic mass is 9.86. The molecule has 0 aromatic rings. The van der Waals surface area contributed by atoms with Crippen molar-refractivity contribution in [3.05, 3.63) is 11.6 Å². The van der Waals surface area contributed by atoms with E-state index < -0.39 is 0 Å². The molecule has 0 aromatic carbocycles. The molecule has 12 heavy (non-hydrogen) atoms. The van der Waals surface area contributed by atoms with Gasteiger partial charge < -0.3 is 0 Å². The van der Waals surface area contributed by atoms with E-state index >= 15 is 0 Å². The summed E-state index contributed by atoms with van der Waals surface area (Å²) in [5.41, 5.74) is 0.909. The summed E-state index contributed by atoms with van der Waals surface area (Å²) < 4.78 is 0. The molecule has 2 nitrogen and oxygen atoms in total. The Morgan fingerprint density at radius 1 is 1.75 bits per heavy atom. The number of hydrogen-bond acceptors (Lipinski definition) is 2. The number of nitriles is 1. The summed E-state index contributed by atoms with van der Waals surface area (Å²) in [7, 11) is 2.02. The van der Waals surface area contributed by atoms with Gasteiger partial charge in [0.1, 0.15) is 5.54 Å². The van der Waals surface area contributed by atoms with E-state index in [9.17, 15) is 0 Å². The highest BCUT2D eigenvalue weighted by molar-refractivity contribution is 5.30. The van der Waals surface area contributed by atoms with E-state index in [0.717, 1.165) is 19.4 Å². The van der Waals surface area contributed by atoms with Gasteiger partial charge in [0.15, 0.2) is 0 Å². The molecule has 2 heteroatoms. The van der Waals surface area contributed by atoms with E-state index in [1.165, 1.54) is 5.57 Å². The van der Waals surface area contributed by atoms with Crippen LogP contribution in [0.2, 0.25) is 0 Å². The Balaban J connectivity index is 2.99. The fourth-order valence-corrected chi connectivity index (χ4v) is 1.75. The highest BCUT2D eigenvalue weighted by Crippen LogP contribution is 2.29. The van der Waals surface area contributed by atoms with Crippen molar-refractivity contribution in [3.8, 4) is 6.07 Å². The van der Waals surface area contributed by atoms with E-state index in [1.54, 1.807) is 0 Å². The van der Waals surface area contributed by atoms with Gasteiger partial charge in [-0.1, -0.05) is 13.0 Å². The molecule has 0 aliphatic carbocycles. The molecule has 1 aliphatic rings. The molecule has 1 unspecified atom stereocenters. The molecule has 1 aliphatic heterocycles. The summed E-state index contributed by atoms with van der Waals surface area (Å²) in [6.07, 6.45) is 4.27. The van der Waals surface area contributed by atoms with Crippen LogP contribution in [0.4, 0.5) is 0 Å². The molecule has 0 fully saturated rings. The Morgan fingerprint density at radius 3 is 2.83 bits per heavy atom. The molecule has 0 aromatic heterocycles. The number of rotatable bonds is 1. The first kappa shape index (κ1) is 9.28. The predicted octanol–water partition coefficient (Wildman–Crippen LogP) is 1.94. The summed E-state index contributed by atoms with van der Waals surface area (Å²) in [5.74, 6) is 0. The molecule has 1 rings (SSSR count). The van der Waals surface area contributed by atoms with Crippen molar-refractivity contribution in [1.29, 1.82) is 5.26 Å². The molecule has 0 saturated carbocycles. The lowest BCUT2D eigenvalue weighted by Gasteiger charge is -2.37. The van der Waals surface area contributed by atoms with Gasteiger partial charge in [-0.15, -0.1) is 0 Å². The first-order valence-corrected chi connectivity index (χ1v) is 4.47. The smallest absolute Gasteiger partial charge is 0.127 e. The third kappa shape index (κ3) is 1.25. The minimum atomic E-state index is -0.354. The maximum absolute atomic E-state index is 9.09. The van der Waals surface area contributed by atoms with Crippen LogP contribution >= 0.6 is 0 Å². The minimum absolute atomic E-state index is 0.354. The molecule has 0 N–H and O–H groups in total. The van der Waals surface area contributed by atoms with Gasteiger partial charge in [0.05, 0.1) is 6.07 Å². The quantitative estimate of drug-likeness (QED) is 0.554. The van der Waals surface area contributed by atoms with Gasteiger partial charge in [-0.2, -0.15) is 5.26 Å². The Hall–Kier alpha value is -0.810. The van der Waals surface area contributed by atoms with Crippen molar-refractivity contribution in [3.63, 3.8) is 0 Å². The van der Waals surface area contributed by atoms with E-state index in [0.29, 0.717) is 0 Å². The van der Waals surface area contributed by atoms with Crippen LogP contribution in [-0.4, -0.2) is 24.0 Å². The van der Waals surface area contributed by atoms with E-state index in [1.807, 2.05) is 14.0 Å². The van der Waals surface area contributed by atoms with Crippen LogP contribution in [0.5, 0.6) is 0 Å². The predicted molar refractivity (Wildman–Crippen MR) is 49.6 cm³/mol. The summed E-state index contributed by atoms with van der Waals surface area (Å²) in [4.78, 5) is 2.13. The van der Waals surface area contributed by atoms with Gasteiger partial charge in [-0.25, -0.2) is 0 Å². The van der Waals surface area contributed by atoms with Crippen LogP contribution in [0.1, 0.15) is 26.7 Å². The van der Waals surface area contributed by atoms with Crippen molar-refractivity contribution < 1.29 is 0 Å². The Kier molecular flexibility index (Phi) is 2.54. The first-order valence-electron chi connectivity index (χ1n) is 4.47. The van der Waals surface area contributed by atoms with Gasteiger partial charge in [-0.3, -0.25) is 4.90 Å². The Morgan fingerprint density at radius 2 is 2.42 bits per heavy atom. The van der Waals surface area contributed by atoms with E-state index in [4.69, 9.17) is 5.26 Å². The second kappa shape index (κ2) is 3.28. The molecule has 1 heterocycles. The number of hydrogen-bond donors (Lipinski definition) is 0. The largest absolute Gasteiger partial charge is 0.285 e. The zero-order valence-corrected chi connectivity index (χ0v) is 8.09. The number of likely N-dealkylation sites (N-methyl/N-ethyl adjacent to an activating group) is 1. The highest BCUT2D eigenvalue weighted by Gasteiger charge is 2.34. The normalized spacial score (nSPS) is 31.0. The molecular weight excluding hydrogens is 148 g/mol. The third-order valence-corrected chi connectivity index (χ3v) is 2.84. The van der Waals surface area contributed by atoms with Crippen LogP contribution in [-0.2, 0) is 0 Å². The molecule has 0 spiro atoms. The summed E-state index contributed by atoms with van der Waals surface area (Å²) in [5, 5.41) is 9.09. The maximum atomic E-state index is 9.09. The molecular formula is C10H16N2. The van der Waals surface area contributed by atoms with Crippen molar-refractivity contribution in [2.75, 3.05) is 13.6 Å². The topological polar surface area (TPSA) is 27.0 Å². The molecule has 0 bridgehead atoms. The van der Waals surface area contributed by atoms with Crippen molar-refractivity contribution in [1.82, 2.24) is 4.90 Å². The van der Waals surface area contributed by atoms with Crippen molar-refractivity contribution in [2.24, 2.45) is 0 Å². The van der Waals surface area contributed by atoms with Crippen LogP contribution in [0.3, 0.4) is 0 Å². The second-order valence-electron chi connectivity index (χ2n) is 3.48.